The lowest BCUT2D eigenvalue weighted by Gasteiger charge is -2.27. The fourth-order valence-electron chi connectivity index (χ4n) is 1.18. The Kier molecular flexibility index (Phi) is 3.65. The molecule has 0 saturated carbocycles. The van der Waals surface area contributed by atoms with Gasteiger partial charge in [0.25, 0.3) is 0 Å². The number of carbonyl (C=O) groups is 2. The van der Waals surface area contributed by atoms with Crippen LogP contribution in [0.5, 0.6) is 0 Å². The first-order valence-electron chi connectivity index (χ1n) is 4.80. The molecule has 0 aliphatic carbocycles. The third-order valence-electron chi connectivity index (χ3n) is 2.21. The van der Waals surface area contributed by atoms with Crippen LogP contribution in [0.25, 0.3) is 0 Å². The van der Waals surface area contributed by atoms with E-state index in [-0.39, 0.29) is 12.5 Å². The van der Waals surface area contributed by atoms with Crippen molar-refractivity contribution in [3.8, 4) is 0 Å². The summed E-state index contributed by atoms with van der Waals surface area (Å²) in [7, 11) is 0. The highest BCUT2D eigenvalue weighted by Gasteiger charge is 2.32. The molecule has 1 saturated heterocycles. The summed E-state index contributed by atoms with van der Waals surface area (Å²) in [6, 6.07) is -0.461. The van der Waals surface area contributed by atoms with E-state index in [9.17, 15) is 9.59 Å². The van der Waals surface area contributed by atoms with Crippen molar-refractivity contribution in [3.05, 3.63) is 0 Å². The lowest BCUT2D eigenvalue weighted by Crippen LogP contribution is -2.58. The van der Waals surface area contributed by atoms with Gasteiger partial charge in [0.1, 0.15) is 11.6 Å². The minimum absolute atomic E-state index is 0.279. The van der Waals surface area contributed by atoms with Crippen LogP contribution in [0.3, 0.4) is 0 Å². The van der Waals surface area contributed by atoms with Gasteiger partial charge in [0.05, 0.1) is 13.2 Å². The van der Waals surface area contributed by atoms with Gasteiger partial charge in [-0.3, -0.25) is 4.79 Å². The van der Waals surface area contributed by atoms with Crippen molar-refractivity contribution >= 4 is 11.9 Å². The van der Waals surface area contributed by atoms with E-state index < -0.39 is 17.6 Å². The van der Waals surface area contributed by atoms with Crippen molar-refractivity contribution in [1.82, 2.24) is 10.6 Å². The molecular weight excluding hydrogens is 200 g/mol. The van der Waals surface area contributed by atoms with E-state index in [0.29, 0.717) is 13.2 Å². The maximum absolute atomic E-state index is 11.6. The van der Waals surface area contributed by atoms with Crippen molar-refractivity contribution < 1.29 is 19.4 Å². The van der Waals surface area contributed by atoms with E-state index in [2.05, 4.69) is 10.6 Å². The molecule has 1 aliphatic heterocycles. The first-order chi connectivity index (χ1) is 6.93. The van der Waals surface area contributed by atoms with Crippen LogP contribution in [-0.4, -0.2) is 48.3 Å². The second-order valence-corrected chi connectivity index (χ2v) is 4.00. The van der Waals surface area contributed by atoms with E-state index in [1.165, 1.54) is 13.8 Å². The summed E-state index contributed by atoms with van der Waals surface area (Å²) >= 11 is 0. The maximum Gasteiger partial charge on any atom is 0.328 e. The van der Waals surface area contributed by atoms with E-state index in [1.807, 2.05) is 0 Å². The van der Waals surface area contributed by atoms with Crippen LogP contribution in [0.1, 0.15) is 13.8 Å². The lowest BCUT2D eigenvalue weighted by atomic mass is 10.1. The van der Waals surface area contributed by atoms with Gasteiger partial charge in [-0.2, -0.15) is 0 Å². The summed E-state index contributed by atoms with van der Waals surface area (Å²) in [5.74, 6) is -1.41. The minimum Gasteiger partial charge on any atom is -0.480 e. The van der Waals surface area contributed by atoms with Crippen LogP contribution in [0.2, 0.25) is 0 Å². The Labute approximate surface area is 88.0 Å². The lowest BCUT2D eigenvalue weighted by molar-refractivity contribution is -0.146. The third-order valence-corrected chi connectivity index (χ3v) is 2.21. The number of carbonyl (C=O) groups excluding carboxylic acids is 1. The monoisotopic (exact) mass is 216 g/mol. The topological polar surface area (TPSA) is 87.7 Å². The summed E-state index contributed by atoms with van der Waals surface area (Å²) in [4.78, 5) is 22.4. The number of hydrogen-bond donors (Lipinski definition) is 3. The maximum atomic E-state index is 11.6. The predicted octanol–water partition coefficient (Wildman–Crippen LogP) is -1.05. The van der Waals surface area contributed by atoms with Crippen LogP contribution in [0.4, 0.5) is 0 Å². The zero-order valence-corrected chi connectivity index (χ0v) is 8.87. The molecule has 0 radical (unpaired) electrons. The Balaban J connectivity index is 2.50. The third kappa shape index (κ3) is 3.17. The summed E-state index contributed by atoms with van der Waals surface area (Å²) in [6.45, 7) is 4.34. The first-order valence-corrected chi connectivity index (χ1v) is 4.80. The quantitative estimate of drug-likeness (QED) is 0.560. The summed E-state index contributed by atoms with van der Waals surface area (Å²) in [5.41, 5.74) is -1.25. The first kappa shape index (κ1) is 11.9. The Bertz CT molecular complexity index is 259. The number of rotatable bonds is 3. The molecule has 1 aliphatic rings. The Morgan fingerprint density at radius 3 is 2.67 bits per heavy atom. The molecular formula is C9H16N2O4. The van der Waals surface area contributed by atoms with E-state index in [1.54, 1.807) is 0 Å². The van der Waals surface area contributed by atoms with Crippen molar-refractivity contribution in [3.63, 3.8) is 0 Å². The zero-order valence-electron chi connectivity index (χ0n) is 8.87. The molecule has 86 valence electrons. The van der Waals surface area contributed by atoms with Crippen LogP contribution in [0.15, 0.2) is 0 Å². The minimum atomic E-state index is -1.25. The molecule has 3 N–H and O–H groups in total. The number of carboxylic acids is 1. The second kappa shape index (κ2) is 4.59. The second-order valence-electron chi connectivity index (χ2n) is 4.00. The molecule has 0 spiro atoms. The Hall–Kier alpha value is -1.14. The number of aliphatic carboxylic acids is 1. The van der Waals surface area contributed by atoms with Gasteiger partial charge in [-0.25, -0.2) is 4.79 Å². The van der Waals surface area contributed by atoms with Gasteiger partial charge in [0.15, 0.2) is 0 Å². The van der Waals surface area contributed by atoms with Crippen LogP contribution in [-0.2, 0) is 14.3 Å². The van der Waals surface area contributed by atoms with Crippen molar-refractivity contribution in [2.45, 2.75) is 25.4 Å². The van der Waals surface area contributed by atoms with Gasteiger partial charge >= 0.3 is 5.97 Å². The SMILES string of the molecule is CC(C)(NC(=O)C1COCCN1)C(=O)O. The highest BCUT2D eigenvalue weighted by atomic mass is 16.5. The number of ether oxygens (including phenoxy) is 1. The molecule has 1 rings (SSSR count). The summed E-state index contributed by atoms with van der Waals surface area (Å²) < 4.78 is 5.11. The van der Waals surface area contributed by atoms with E-state index in [0.717, 1.165) is 0 Å². The average molecular weight is 216 g/mol. The number of amides is 1. The zero-order chi connectivity index (χ0) is 11.5. The van der Waals surface area contributed by atoms with Gasteiger partial charge in [-0.1, -0.05) is 0 Å². The Morgan fingerprint density at radius 2 is 2.20 bits per heavy atom. The van der Waals surface area contributed by atoms with E-state index >= 15 is 0 Å². The van der Waals surface area contributed by atoms with Crippen LogP contribution < -0.4 is 10.6 Å². The van der Waals surface area contributed by atoms with Crippen molar-refractivity contribution in [2.75, 3.05) is 19.8 Å². The largest absolute Gasteiger partial charge is 0.480 e. The van der Waals surface area contributed by atoms with E-state index in [4.69, 9.17) is 9.84 Å². The Morgan fingerprint density at radius 1 is 1.53 bits per heavy atom. The number of morpholine rings is 1. The van der Waals surface area contributed by atoms with Gasteiger partial charge in [0.2, 0.25) is 5.91 Å². The summed E-state index contributed by atoms with van der Waals surface area (Å²) in [6.07, 6.45) is 0. The molecule has 1 fully saturated rings. The van der Waals surface area contributed by atoms with Crippen LogP contribution in [0, 0.1) is 0 Å². The molecule has 0 aromatic rings. The number of hydrogen-bond acceptors (Lipinski definition) is 4. The fourth-order valence-corrected chi connectivity index (χ4v) is 1.18. The fraction of sp³-hybridized carbons (Fsp3) is 0.778. The predicted molar refractivity (Wildman–Crippen MR) is 52.5 cm³/mol. The molecule has 1 amide bonds. The summed E-state index contributed by atoms with van der Waals surface area (Å²) in [5, 5.41) is 14.2. The van der Waals surface area contributed by atoms with Crippen LogP contribution >= 0.6 is 0 Å². The average Bonchev–Trinajstić information content (AvgIpc) is 2.18. The van der Waals surface area contributed by atoms with Crippen molar-refractivity contribution in [2.24, 2.45) is 0 Å². The molecule has 1 unspecified atom stereocenters. The molecule has 1 heterocycles. The highest BCUT2D eigenvalue weighted by molar-refractivity contribution is 5.89. The number of carboxylic acid groups (broad SMARTS) is 1. The molecule has 6 nitrogen and oxygen atoms in total. The van der Waals surface area contributed by atoms with Crippen molar-refractivity contribution in [1.29, 1.82) is 0 Å². The normalized spacial score (nSPS) is 22.1. The molecule has 6 heteroatoms. The highest BCUT2D eigenvalue weighted by Crippen LogP contribution is 2.03. The molecule has 0 bridgehead atoms. The van der Waals surface area contributed by atoms with Gasteiger partial charge < -0.3 is 20.5 Å². The van der Waals surface area contributed by atoms with Gasteiger partial charge in [-0.05, 0) is 13.8 Å². The molecule has 0 aromatic heterocycles. The van der Waals surface area contributed by atoms with Gasteiger partial charge in [-0.15, -0.1) is 0 Å². The molecule has 0 aromatic carbocycles. The standard InChI is InChI=1S/C9H16N2O4/c1-9(2,8(13)14)11-7(12)6-5-15-4-3-10-6/h6,10H,3-5H2,1-2H3,(H,11,12)(H,13,14). The molecule has 1 atom stereocenters. The smallest absolute Gasteiger partial charge is 0.328 e. The molecule has 15 heavy (non-hydrogen) atoms. The van der Waals surface area contributed by atoms with Gasteiger partial charge in [0, 0.05) is 6.54 Å². The number of nitrogens with one attached hydrogen (secondary N) is 2.